The number of alkyl halides is 3. The van der Waals surface area contributed by atoms with Gasteiger partial charge in [-0.15, -0.1) is 0 Å². The maximum Gasteiger partial charge on any atom is 0.306 e. The van der Waals surface area contributed by atoms with Gasteiger partial charge in [-0.1, -0.05) is 351 Å². The normalized spacial score (nSPS) is 10.6. The molecule has 0 atom stereocenters. The molecular formula is C69H113Br3O7. The number of halogens is 3. The van der Waals surface area contributed by atoms with Gasteiger partial charge in [-0.2, -0.15) is 0 Å². The third-order valence-corrected chi connectivity index (χ3v) is 15.7. The number of aliphatic hydroxyl groups excluding tert-OH is 1. The molecule has 0 fully saturated rings. The molecule has 0 aliphatic carbocycles. The van der Waals surface area contributed by atoms with E-state index < -0.39 is 5.97 Å². The van der Waals surface area contributed by atoms with Gasteiger partial charge in [0, 0.05) is 35.3 Å². The monoisotopic (exact) mass is 1290 g/mol. The molecule has 0 aliphatic heterocycles. The molecular weight excluding hydrogens is 1180 g/mol. The van der Waals surface area contributed by atoms with Crippen molar-refractivity contribution in [3.05, 3.63) is 108 Å². The summed E-state index contributed by atoms with van der Waals surface area (Å²) in [6, 6.07) is 29.3. The molecule has 0 aliphatic rings. The van der Waals surface area contributed by atoms with Gasteiger partial charge in [-0.3, -0.25) is 14.4 Å². The van der Waals surface area contributed by atoms with Gasteiger partial charge in [0.2, 0.25) is 0 Å². The second-order valence-corrected chi connectivity index (χ2v) is 23.8. The van der Waals surface area contributed by atoms with E-state index in [2.05, 4.69) is 47.8 Å². The van der Waals surface area contributed by atoms with Crippen LogP contribution in [0.5, 0.6) is 0 Å². The van der Waals surface area contributed by atoms with Crippen LogP contribution in [0.1, 0.15) is 286 Å². The zero-order valence-electron chi connectivity index (χ0n) is 49.7. The van der Waals surface area contributed by atoms with Gasteiger partial charge >= 0.3 is 17.9 Å². The maximum atomic E-state index is 11.7. The highest BCUT2D eigenvalue weighted by molar-refractivity contribution is 9.09. The highest BCUT2D eigenvalue weighted by Crippen LogP contribution is 2.17. The molecule has 79 heavy (non-hydrogen) atoms. The van der Waals surface area contributed by atoms with Crippen LogP contribution in [0.25, 0.3) is 0 Å². The van der Waals surface area contributed by atoms with Gasteiger partial charge in [0.05, 0.1) is 6.61 Å². The topological polar surface area (TPSA) is 110 Å². The van der Waals surface area contributed by atoms with Crippen molar-refractivity contribution < 1.29 is 34.1 Å². The number of carboxylic acid groups (broad SMARTS) is 1. The number of hydrogen-bond acceptors (Lipinski definition) is 6. The molecule has 0 aromatic heterocycles. The van der Waals surface area contributed by atoms with Crippen LogP contribution in [0.4, 0.5) is 0 Å². The van der Waals surface area contributed by atoms with Crippen molar-refractivity contribution in [3.63, 3.8) is 0 Å². The quantitative estimate of drug-likeness (QED) is 0.0329. The lowest BCUT2D eigenvalue weighted by molar-refractivity contribution is -0.146. The van der Waals surface area contributed by atoms with Crippen LogP contribution in [0, 0.1) is 0 Å². The number of rotatable bonds is 50. The number of unbranched alkanes of at least 4 members (excludes halogenated alkanes) is 36. The minimum absolute atomic E-state index is 0.0648. The number of carbonyl (C=O) groups excluding carboxylic acids is 2. The van der Waals surface area contributed by atoms with Crippen LogP contribution in [0.15, 0.2) is 91.0 Å². The minimum atomic E-state index is -0.656. The van der Waals surface area contributed by atoms with Crippen LogP contribution in [0.3, 0.4) is 0 Å². The van der Waals surface area contributed by atoms with Crippen molar-refractivity contribution in [2.24, 2.45) is 0 Å². The van der Waals surface area contributed by atoms with Gasteiger partial charge in [-0.25, -0.2) is 0 Å². The van der Waals surface area contributed by atoms with Crippen molar-refractivity contribution in [1.82, 2.24) is 0 Å². The Balaban J connectivity index is 0.00000109. The van der Waals surface area contributed by atoms with Gasteiger partial charge in [0.15, 0.2) is 0 Å². The van der Waals surface area contributed by atoms with E-state index in [0.717, 1.165) is 71.2 Å². The summed E-state index contributed by atoms with van der Waals surface area (Å²) in [5.74, 6) is -0.786. The van der Waals surface area contributed by atoms with Crippen LogP contribution in [0.2, 0.25) is 0 Å². The molecule has 10 heteroatoms. The first-order valence-corrected chi connectivity index (χ1v) is 35.2. The van der Waals surface area contributed by atoms with Crippen molar-refractivity contribution >= 4 is 65.7 Å². The summed E-state index contributed by atoms with van der Waals surface area (Å²) in [7, 11) is 0. The Labute approximate surface area is 509 Å². The Morgan fingerprint density at radius 2 is 0.494 bits per heavy atom. The number of carboxylic acids is 1. The number of carbonyl (C=O) groups is 3. The van der Waals surface area contributed by atoms with Crippen molar-refractivity contribution in [2.45, 2.75) is 289 Å². The van der Waals surface area contributed by atoms with E-state index in [1.807, 2.05) is 91.0 Å². The molecule has 452 valence electrons. The van der Waals surface area contributed by atoms with Gasteiger partial charge in [-0.05, 0) is 55.2 Å². The van der Waals surface area contributed by atoms with E-state index in [4.69, 9.17) is 19.7 Å². The fourth-order valence-electron chi connectivity index (χ4n) is 9.14. The first-order chi connectivity index (χ1) is 38.9. The van der Waals surface area contributed by atoms with Crippen LogP contribution >= 0.6 is 47.8 Å². The zero-order valence-corrected chi connectivity index (χ0v) is 54.4. The Kier molecular flexibility index (Phi) is 62.6. The summed E-state index contributed by atoms with van der Waals surface area (Å²) in [5, 5.41) is 20.5. The molecule has 0 saturated carbocycles. The molecule has 0 bridgehead atoms. The average molecular weight is 1290 g/mol. The maximum absolute atomic E-state index is 11.7. The molecule has 3 aromatic rings. The predicted molar refractivity (Wildman–Crippen MR) is 348 cm³/mol. The second kappa shape index (κ2) is 64.6. The van der Waals surface area contributed by atoms with Crippen molar-refractivity contribution in [3.8, 4) is 0 Å². The second-order valence-electron chi connectivity index (χ2n) is 21.4. The lowest BCUT2D eigenvalue weighted by Gasteiger charge is -2.05. The molecule has 0 radical (unpaired) electrons. The summed E-state index contributed by atoms with van der Waals surface area (Å²) in [6.45, 7) is 0.938. The summed E-state index contributed by atoms with van der Waals surface area (Å²) in [5.41, 5.74) is 3.08. The number of aliphatic carboxylic acids is 1. The Hall–Kier alpha value is -2.53. The molecule has 0 amide bonds. The fourth-order valence-corrected chi connectivity index (χ4v) is 10.3. The number of ether oxygens (including phenoxy) is 2. The van der Waals surface area contributed by atoms with Gasteiger partial charge < -0.3 is 19.7 Å². The highest BCUT2D eigenvalue weighted by Gasteiger charge is 2.05. The lowest BCUT2D eigenvalue weighted by atomic mass is 10.0. The van der Waals surface area contributed by atoms with E-state index in [0.29, 0.717) is 32.5 Å². The van der Waals surface area contributed by atoms with E-state index in [-0.39, 0.29) is 18.5 Å². The smallest absolute Gasteiger partial charge is 0.306 e. The molecule has 3 rings (SSSR count). The third kappa shape index (κ3) is 61.4. The SMILES string of the molecule is O=C(CCCCCCCCCCCCCCCBr)OCc1ccccc1.O=C(CCCCCCCCCCCCCCCBr)OCc1ccccc1.O=C(O)CCCCCCCCCCCCCCCBr.OCc1ccccc1. The van der Waals surface area contributed by atoms with E-state index in [1.54, 1.807) is 0 Å². The highest BCUT2D eigenvalue weighted by atomic mass is 79.9. The van der Waals surface area contributed by atoms with Crippen LogP contribution < -0.4 is 0 Å². The third-order valence-electron chi connectivity index (χ3n) is 14.1. The zero-order chi connectivity index (χ0) is 57.4. The number of esters is 2. The molecule has 0 unspecified atom stereocenters. The fraction of sp³-hybridized carbons (Fsp3) is 0.696. The first kappa shape index (κ1) is 76.5. The van der Waals surface area contributed by atoms with Gasteiger partial charge in [0.25, 0.3) is 0 Å². The lowest BCUT2D eigenvalue weighted by Crippen LogP contribution is -2.04. The van der Waals surface area contributed by atoms with Crippen molar-refractivity contribution in [2.75, 3.05) is 16.0 Å². The summed E-state index contributed by atoms with van der Waals surface area (Å²) in [6.07, 6.45) is 52.5. The Morgan fingerprint density at radius 3 is 0.696 bits per heavy atom. The van der Waals surface area contributed by atoms with E-state index in [1.165, 1.54) is 212 Å². The summed E-state index contributed by atoms with van der Waals surface area (Å²) < 4.78 is 10.6. The van der Waals surface area contributed by atoms with Gasteiger partial charge in [0.1, 0.15) is 13.2 Å². The molecule has 3 aromatic carbocycles. The number of hydrogen-bond donors (Lipinski definition) is 2. The van der Waals surface area contributed by atoms with Crippen molar-refractivity contribution in [1.29, 1.82) is 0 Å². The summed E-state index contributed by atoms with van der Waals surface area (Å²) in [4.78, 5) is 33.7. The molecule has 0 spiro atoms. The molecule has 2 N–H and O–H groups in total. The largest absolute Gasteiger partial charge is 0.481 e. The van der Waals surface area contributed by atoms with E-state index in [9.17, 15) is 14.4 Å². The predicted octanol–water partition coefficient (Wildman–Crippen LogP) is 22.3. The standard InChI is InChI=1S/2C23H37BrO2.C16H31BrO2.C7H8O/c2*24-20-16-11-9-7-5-3-1-2-4-6-8-10-15-19-23(25)26-21-22-17-13-12-14-18-22;17-15-13-11-9-7-5-3-1-2-4-6-8-10-12-14-16(18)19;8-6-7-4-2-1-3-5-7/h2*12-14,17-18H,1-11,15-16,19-21H2;1-15H2,(H,18,19);1-5,8H,6H2. The molecule has 0 heterocycles. The number of benzene rings is 3. The number of aliphatic hydroxyl groups is 1. The average Bonchev–Trinajstić information content (AvgIpc) is 3.47. The Morgan fingerprint density at radius 1 is 0.291 bits per heavy atom. The molecule has 0 saturated heterocycles. The van der Waals surface area contributed by atoms with Crippen LogP contribution in [-0.2, 0) is 43.7 Å². The van der Waals surface area contributed by atoms with Crippen LogP contribution in [-0.4, -0.2) is 44.1 Å². The van der Waals surface area contributed by atoms with E-state index >= 15 is 0 Å². The Bertz CT molecular complexity index is 1600. The molecule has 7 nitrogen and oxygen atoms in total. The first-order valence-electron chi connectivity index (χ1n) is 31.8. The summed E-state index contributed by atoms with van der Waals surface area (Å²) >= 11 is 10.4. The minimum Gasteiger partial charge on any atom is -0.481 e.